The van der Waals surface area contributed by atoms with Crippen molar-refractivity contribution in [1.82, 2.24) is 5.32 Å². The lowest BCUT2D eigenvalue weighted by molar-refractivity contribution is 0.0254. The molecular weight excluding hydrogens is 357 g/mol. The SMILES string of the molecule is O=S1(=O)N(CC[C@H]2CNCCO2)c2ccccc2N1c1ccc(F)cc1. The van der Waals surface area contributed by atoms with Crippen LogP contribution in [0, 0.1) is 5.82 Å². The Bertz CT molecular complexity index is 883. The zero-order valence-corrected chi connectivity index (χ0v) is 15.0. The van der Waals surface area contributed by atoms with Crippen molar-refractivity contribution in [3.63, 3.8) is 0 Å². The number of hydrogen-bond donors (Lipinski definition) is 1. The Morgan fingerprint density at radius 1 is 1.12 bits per heavy atom. The fraction of sp³-hybridized carbons (Fsp3) is 0.333. The number of rotatable bonds is 4. The molecule has 8 heteroatoms. The maximum Gasteiger partial charge on any atom is 0.330 e. The maximum absolute atomic E-state index is 13.3. The van der Waals surface area contributed by atoms with Crippen LogP contribution in [0.25, 0.3) is 0 Å². The van der Waals surface area contributed by atoms with Crippen LogP contribution in [0.5, 0.6) is 0 Å². The highest BCUT2D eigenvalue weighted by atomic mass is 32.2. The molecule has 2 aromatic rings. The molecule has 0 radical (unpaired) electrons. The van der Waals surface area contributed by atoms with Crippen molar-refractivity contribution in [2.24, 2.45) is 0 Å². The molecule has 6 nitrogen and oxygen atoms in total. The minimum Gasteiger partial charge on any atom is -0.376 e. The van der Waals surface area contributed by atoms with Crippen molar-refractivity contribution in [1.29, 1.82) is 0 Å². The lowest BCUT2D eigenvalue weighted by Crippen LogP contribution is -2.42. The average molecular weight is 377 g/mol. The molecule has 0 aliphatic carbocycles. The third-order valence-corrected chi connectivity index (χ3v) is 6.40. The number of para-hydroxylation sites is 2. The standard InChI is InChI=1S/C18H20FN3O3S/c19-14-5-7-15(8-6-14)22-18-4-2-1-3-17(18)21(26(22,23)24)11-9-16-13-20-10-12-25-16/h1-8,16,20H,9-13H2/t16-/m0/s1. The van der Waals surface area contributed by atoms with Crippen LogP contribution in [0.3, 0.4) is 0 Å². The van der Waals surface area contributed by atoms with Gasteiger partial charge in [-0.1, -0.05) is 12.1 Å². The number of benzene rings is 2. The number of morpholine rings is 1. The highest BCUT2D eigenvalue weighted by Crippen LogP contribution is 2.45. The second-order valence-electron chi connectivity index (χ2n) is 6.30. The average Bonchev–Trinajstić information content (AvgIpc) is 2.88. The summed E-state index contributed by atoms with van der Waals surface area (Å²) < 4.78 is 48.0. The Kier molecular flexibility index (Phi) is 4.56. The molecule has 1 fully saturated rings. The van der Waals surface area contributed by atoms with Crippen LogP contribution in [0.4, 0.5) is 21.5 Å². The van der Waals surface area contributed by atoms with Crippen molar-refractivity contribution >= 4 is 27.3 Å². The number of anilines is 3. The summed E-state index contributed by atoms with van der Waals surface area (Å²) in [4.78, 5) is 0. The predicted molar refractivity (Wildman–Crippen MR) is 98.5 cm³/mol. The minimum absolute atomic E-state index is 0.00835. The van der Waals surface area contributed by atoms with E-state index in [2.05, 4.69) is 5.32 Å². The normalized spacial score (nSPS) is 21.7. The molecule has 0 aromatic heterocycles. The molecular formula is C18H20FN3O3S. The van der Waals surface area contributed by atoms with Gasteiger partial charge >= 0.3 is 10.2 Å². The van der Waals surface area contributed by atoms with E-state index in [0.29, 0.717) is 36.6 Å². The fourth-order valence-corrected chi connectivity index (χ4v) is 5.07. The van der Waals surface area contributed by atoms with Crippen molar-refractivity contribution in [3.05, 3.63) is 54.3 Å². The van der Waals surface area contributed by atoms with E-state index < -0.39 is 16.0 Å². The monoisotopic (exact) mass is 377 g/mol. The molecule has 2 aliphatic heterocycles. The summed E-state index contributed by atoms with van der Waals surface area (Å²) >= 11 is 0. The summed E-state index contributed by atoms with van der Waals surface area (Å²) in [6, 6.07) is 12.6. The van der Waals surface area contributed by atoms with Gasteiger partial charge in [-0.15, -0.1) is 0 Å². The van der Waals surface area contributed by atoms with Crippen molar-refractivity contribution in [2.45, 2.75) is 12.5 Å². The Morgan fingerprint density at radius 3 is 2.54 bits per heavy atom. The van der Waals surface area contributed by atoms with Gasteiger partial charge in [-0.25, -0.2) is 8.70 Å². The molecule has 4 rings (SSSR count). The molecule has 1 N–H and O–H groups in total. The van der Waals surface area contributed by atoms with Gasteiger partial charge in [-0.3, -0.25) is 4.31 Å². The van der Waals surface area contributed by atoms with Crippen LogP contribution < -0.4 is 13.9 Å². The quantitative estimate of drug-likeness (QED) is 0.889. The zero-order valence-electron chi connectivity index (χ0n) is 14.1. The Labute approximate surface area is 152 Å². The maximum atomic E-state index is 13.3. The lowest BCUT2D eigenvalue weighted by atomic mass is 10.2. The molecule has 0 bridgehead atoms. The van der Waals surface area contributed by atoms with E-state index in [-0.39, 0.29) is 6.10 Å². The lowest BCUT2D eigenvalue weighted by Gasteiger charge is -2.26. The Balaban J connectivity index is 1.66. The number of nitrogens with one attached hydrogen (secondary N) is 1. The Hall–Kier alpha value is -2.16. The number of fused-ring (bicyclic) bond motifs is 1. The van der Waals surface area contributed by atoms with E-state index >= 15 is 0 Å². The summed E-state index contributed by atoms with van der Waals surface area (Å²) in [5.41, 5.74) is 1.61. The van der Waals surface area contributed by atoms with Crippen LogP contribution in [-0.2, 0) is 14.9 Å². The largest absolute Gasteiger partial charge is 0.376 e. The molecule has 0 spiro atoms. The third kappa shape index (κ3) is 3.04. The van der Waals surface area contributed by atoms with E-state index in [9.17, 15) is 12.8 Å². The van der Waals surface area contributed by atoms with Gasteiger partial charge in [0.1, 0.15) is 5.82 Å². The molecule has 2 aliphatic rings. The van der Waals surface area contributed by atoms with Gasteiger partial charge in [0, 0.05) is 19.6 Å². The summed E-state index contributed by atoms with van der Waals surface area (Å²) in [5, 5.41) is 3.25. The smallest absolute Gasteiger partial charge is 0.330 e. The highest BCUT2D eigenvalue weighted by molar-refractivity contribution is 7.95. The fourth-order valence-electron chi connectivity index (χ4n) is 3.34. The summed E-state index contributed by atoms with van der Waals surface area (Å²) in [5.74, 6) is -0.405. The topological polar surface area (TPSA) is 61.9 Å². The van der Waals surface area contributed by atoms with Crippen LogP contribution in [0.1, 0.15) is 6.42 Å². The second-order valence-corrected chi connectivity index (χ2v) is 8.00. The molecule has 26 heavy (non-hydrogen) atoms. The predicted octanol–water partition coefficient (Wildman–Crippen LogP) is 2.41. The second kappa shape index (κ2) is 6.86. The van der Waals surface area contributed by atoms with E-state index in [1.165, 1.54) is 32.9 Å². The van der Waals surface area contributed by atoms with E-state index in [4.69, 9.17) is 4.74 Å². The molecule has 0 amide bonds. The first kappa shape index (κ1) is 17.3. The molecule has 0 unspecified atom stereocenters. The van der Waals surface area contributed by atoms with E-state index in [1.807, 2.05) is 6.07 Å². The summed E-state index contributed by atoms with van der Waals surface area (Å²) in [6.07, 6.45) is 0.587. The summed E-state index contributed by atoms with van der Waals surface area (Å²) in [7, 11) is -3.79. The zero-order chi connectivity index (χ0) is 18.1. The molecule has 1 atom stereocenters. The number of halogens is 1. The molecule has 1 saturated heterocycles. The van der Waals surface area contributed by atoms with Gasteiger partial charge in [-0.2, -0.15) is 8.42 Å². The number of nitrogens with zero attached hydrogens (tertiary/aromatic N) is 2. The third-order valence-electron chi connectivity index (χ3n) is 4.60. The van der Waals surface area contributed by atoms with E-state index in [1.54, 1.807) is 18.2 Å². The van der Waals surface area contributed by atoms with E-state index in [0.717, 1.165) is 13.1 Å². The van der Waals surface area contributed by atoms with Crippen LogP contribution in [0.15, 0.2) is 48.5 Å². The minimum atomic E-state index is -3.79. The highest BCUT2D eigenvalue weighted by Gasteiger charge is 2.41. The number of ether oxygens (including phenoxy) is 1. The van der Waals surface area contributed by atoms with Gasteiger partial charge < -0.3 is 10.1 Å². The molecule has 2 aromatic carbocycles. The summed E-state index contributed by atoms with van der Waals surface area (Å²) in [6.45, 7) is 2.50. The van der Waals surface area contributed by atoms with Gasteiger partial charge in [0.25, 0.3) is 0 Å². The van der Waals surface area contributed by atoms with Crippen LogP contribution in [0.2, 0.25) is 0 Å². The van der Waals surface area contributed by atoms with Crippen LogP contribution in [-0.4, -0.2) is 40.8 Å². The first-order valence-electron chi connectivity index (χ1n) is 8.57. The molecule has 138 valence electrons. The first-order chi connectivity index (χ1) is 12.6. The Morgan fingerprint density at radius 2 is 1.85 bits per heavy atom. The van der Waals surface area contributed by atoms with Crippen molar-refractivity contribution in [3.8, 4) is 0 Å². The van der Waals surface area contributed by atoms with Crippen LogP contribution >= 0.6 is 0 Å². The molecule has 2 heterocycles. The van der Waals surface area contributed by atoms with Gasteiger partial charge in [0.05, 0.1) is 29.8 Å². The van der Waals surface area contributed by atoms with Gasteiger partial charge in [-0.05, 0) is 42.8 Å². The number of hydrogen-bond acceptors (Lipinski definition) is 4. The van der Waals surface area contributed by atoms with Crippen molar-refractivity contribution < 1.29 is 17.5 Å². The molecule has 0 saturated carbocycles. The van der Waals surface area contributed by atoms with Gasteiger partial charge in [0.2, 0.25) is 0 Å². The first-order valence-corrected chi connectivity index (χ1v) is 9.97. The van der Waals surface area contributed by atoms with Gasteiger partial charge in [0.15, 0.2) is 0 Å². The van der Waals surface area contributed by atoms with Crippen molar-refractivity contribution in [2.75, 3.05) is 34.9 Å².